The molecule has 0 spiro atoms. The third kappa shape index (κ3) is 4.54. The van der Waals surface area contributed by atoms with Gasteiger partial charge in [0.15, 0.2) is 0 Å². The predicted octanol–water partition coefficient (Wildman–Crippen LogP) is 3.62. The Hall–Kier alpha value is -3.41. The molecule has 25 heavy (non-hydrogen) atoms. The van der Waals surface area contributed by atoms with Crippen LogP contribution in [0.15, 0.2) is 67.0 Å². The van der Waals surface area contributed by atoms with Crippen LogP contribution in [0.1, 0.15) is 15.9 Å². The maximum Gasteiger partial charge on any atom is 0.337 e. The molecule has 3 aromatic rings. The quantitative estimate of drug-likeness (QED) is 0.671. The Labute approximate surface area is 145 Å². The second-order valence-electron chi connectivity index (χ2n) is 5.32. The van der Waals surface area contributed by atoms with Crippen molar-refractivity contribution in [2.75, 3.05) is 17.7 Å². The average Bonchev–Trinajstić information content (AvgIpc) is 2.67. The number of aromatic nitrogens is 2. The van der Waals surface area contributed by atoms with Crippen molar-refractivity contribution in [3.05, 3.63) is 78.1 Å². The van der Waals surface area contributed by atoms with Crippen LogP contribution in [0.3, 0.4) is 0 Å². The van der Waals surface area contributed by atoms with Crippen molar-refractivity contribution in [2.45, 2.75) is 6.54 Å². The van der Waals surface area contributed by atoms with Gasteiger partial charge in [-0.2, -0.15) is 0 Å². The van der Waals surface area contributed by atoms with Crippen molar-refractivity contribution in [3.8, 4) is 0 Å². The van der Waals surface area contributed by atoms with Crippen molar-refractivity contribution in [1.29, 1.82) is 0 Å². The molecule has 0 aliphatic rings. The lowest BCUT2D eigenvalue weighted by Crippen LogP contribution is -2.03. The lowest BCUT2D eigenvalue weighted by atomic mass is 10.2. The number of rotatable bonds is 6. The van der Waals surface area contributed by atoms with Gasteiger partial charge in [0.05, 0.1) is 12.7 Å². The molecule has 0 bridgehead atoms. The number of anilines is 3. The van der Waals surface area contributed by atoms with E-state index in [2.05, 4.69) is 37.5 Å². The molecule has 2 aromatic carbocycles. The van der Waals surface area contributed by atoms with E-state index in [9.17, 15) is 4.79 Å². The monoisotopic (exact) mass is 334 g/mol. The van der Waals surface area contributed by atoms with Gasteiger partial charge in [0.2, 0.25) is 0 Å². The van der Waals surface area contributed by atoms with Crippen LogP contribution in [0, 0.1) is 0 Å². The van der Waals surface area contributed by atoms with Gasteiger partial charge in [0, 0.05) is 18.3 Å². The highest BCUT2D eigenvalue weighted by molar-refractivity contribution is 5.89. The Kier molecular flexibility index (Phi) is 5.21. The van der Waals surface area contributed by atoms with Crippen molar-refractivity contribution >= 4 is 23.3 Å². The number of nitrogens with zero attached hydrogens (tertiary/aromatic N) is 2. The van der Waals surface area contributed by atoms with E-state index in [0.717, 1.165) is 11.5 Å². The number of esters is 1. The number of carbonyl (C=O) groups excluding carboxylic acids is 1. The summed E-state index contributed by atoms with van der Waals surface area (Å²) in [5.74, 6) is 1.03. The van der Waals surface area contributed by atoms with Gasteiger partial charge in [-0.05, 0) is 29.8 Å². The highest BCUT2D eigenvalue weighted by atomic mass is 16.5. The maximum absolute atomic E-state index is 11.4. The van der Waals surface area contributed by atoms with E-state index in [1.54, 1.807) is 24.3 Å². The number of carbonyl (C=O) groups is 1. The van der Waals surface area contributed by atoms with Gasteiger partial charge in [-0.15, -0.1) is 0 Å². The van der Waals surface area contributed by atoms with Gasteiger partial charge in [0.25, 0.3) is 0 Å². The zero-order valence-corrected chi connectivity index (χ0v) is 13.8. The summed E-state index contributed by atoms with van der Waals surface area (Å²) in [4.78, 5) is 19.9. The largest absolute Gasteiger partial charge is 0.465 e. The van der Waals surface area contributed by atoms with Crippen LogP contribution >= 0.6 is 0 Å². The van der Waals surface area contributed by atoms with Gasteiger partial charge in [-0.3, -0.25) is 0 Å². The van der Waals surface area contributed by atoms with Crippen LogP contribution in [-0.2, 0) is 11.3 Å². The Bertz CT molecular complexity index is 836. The first-order valence-corrected chi connectivity index (χ1v) is 7.80. The summed E-state index contributed by atoms with van der Waals surface area (Å²) in [6.45, 7) is 0.686. The third-order valence-corrected chi connectivity index (χ3v) is 3.56. The molecule has 0 aliphatic heterocycles. The normalized spacial score (nSPS) is 10.1. The first-order valence-electron chi connectivity index (χ1n) is 7.80. The van der Waals surface area contributed by atoms with E-state index in [-0.39, 0.29) is 5.97 Å². The molecular weight excluding hydrogens is 316 g/mol. The minimum Gasteiger partial charge on any atom is -0.465 e. The summed E-state index contributed by atoms with van der Waals surface area (Å²) in [6, 6.07) is 18.9. The minimum atomic E-state index is -0.360. The van der Waals surface area contributed by atoms with Crippen molar-refractivity contribution < 1.29 is 9.53 Å². The SMILES string of the molecule is COC(=O)c1ccc(Nc2cc(NCc3ccccc3)ncn2)cc1. The molecule has 6 nitrogen and oxygen atoms in total. The topological polar surface area (TPSA) is 76.1 Å². The summed E-state index contributed by atoms with van der Waals surface area (Å²) in [6.07, 6.45) is 1.50. The summed E-state index contributed by atoms with van der Waals surface area (Å²) in [5.41, 5.74) is 2.50. The van der Waals surface area contributed by atoms with Gasteiger partial charge in [-0.25, -0.2) is 14.8 Å². The minimum absolute atomic E-state index is 0.360. The first-order chi connectivity index (χ1) is 12.2. The number of hydrogen-bond acceptors (Lipinski definition) is 6. The molecule has 0 atom stereocenters. The van der Waals surface area contributed by atoms with Crippen molar-refractivity contribution in [3.63, 3.8) is 0 Å². The molecule has 1 aromatic heterocycles. The average molecular weight is 334 g/mol. The zero-order chi connectivity index (χ0) is 17.5. The number of hydrogen-bond donors (Lipinski definition) is 2. The molecule has 0 radical (unpaired) electrons. The van der Waals surface area contributed by atoms with Gasteiger partial charge in [-0.1, -0.05) is 30.3 Å². The van der Waals surface area contributed by atoms with E-state index >= 15 is 0 Å². The number of benzene rings is 2. The number of ether oxygens (including phenoxy) is 1. The molecule has 3 rings (SSSR count). The molecule has 1 heterocycles. The molecule has 126 valence electrons. The smallest absolute Gasteiger partial charge is 0.337 e. The summed E-state index contributed by atoms with van der Waals surface area (Å²) >= 11 is 0. The highest BCUT2D eigenvalue weighted by Gasteiger charge is 2.05. The molecule has 0 fully saturated rings. The zero-order valence-electron chi connectivity index (χ0n) is 13.8. The van der Waals surface area contributed by atoms with E-state index in [0.29, 0.717) is 17.9 Å². The van der Waals surface area contributed by atoms with Gasteiger partial charge >= 0.3 is 5.97 Å². The fourth-order valence-electron chi connectivity index (χ4n) is 2.27. The van der Waals surface area contributed by atoms with E-state index in [1.165, 1.54) is 19.0 Å². The van der Waals surface area contributed by atoms with Crippen molar-refractivity contribution in [1.82, 2.24) is 9.97 Å². The van der Waals surface area contributed by atoms with Gasteiger partial charge in [0.1, 0.15) is 18.0 Å². The molecular formula is C19H18N4O2. The Morgan fingerprint density at radius 2 is 1.72 bits per heavy atom. The van der Waals surface area contributed by atoms with E-state index in [1.807, 2.05) is 24.3 Å². The summed E-state index contributed by atoms with van der Waals surface area (Å²) < 4.78 is 4.69. The molecule has 2 N–H and O–H groups in total. The predicted molar refractivity (Wildman–Crippen MR) is 96.9 cm³/mol. The molecule has 0 aliphatic carbocycles. The van der Waals surface area contributed by atoms with Crippen LogP contribution in [0.2, 0.25) is 0 Å². The fraction of sp³-hybridized carbons (Fsp3) is 0.105. The fourth-order valence-corrected chi connectivity index (χ4v) is 2.27. The van der Waals surface area contributed by atoms with Crippen LogP contribution in [-0.4, -0.2) is 23.0 Å². The third-order valence-electron chi connectivity index (χ3n) is 3.56. The lowest BCUT2D eigenvalue weighted by molar-refractivity contribution is 0.0601. The van der Waals surface area contributed by atoms with Crippen LogP contribution < -0.4 is 10.6 Å². The number of nitrogens with one attached hydrogen (secondary N) is 2. The van der Waals surface area contributed by atoms with E-state index < -0.39 is 0 Å². The van der Waals surface area contributed by atoms with Crippen molar-refractivity contribution in [2.24, 2.45) is 0 Å². The Balaban J connectivity index is 1.64. The lowest BCUT2D eigenvalue weighted by Gasteiger charge is -2.09. The molecule has 0 unspecified atom stereocenters. The van der Waals surface area contributed by atoms with Crippen LogP contribution in [0.4, 0.5) is 17.3 Å². The Morgan fingerprint density at radius 3 is 2.44 bits per heavy atom. The Morgan fingerprint density at radius 1 is 1.00 bits per heavy atom. The maximum atomic E-state index is 11.4. The van der Waals surface area contributed by atoms with Crippen LogP contribution in [0.25, 0.3) is 0 Å². The molecule has 0 amide bonds. The molecule has 6 heteroatoms. The summed E-state index contributed by atoms with van der Waals surface area (Å²) in [7, 11) is 1.36. The molecule has 0 saturated carbocycles. The summed E-state index contributed by atoms with van der Waals surface area (Å²) in [5, 5.41) is 6.45. The molecule has 0 saturated heterocycles. The second-order valence-corrected chi connectivity index (χ2v) is 5.32. The highest BCUT2D eigenvalue weighted by Crippen LogP contribution is 2.17. The van der Waals surface area contributed by atoms with Gasteiger partial charge < -0.3 is 15.4 Å². The van der Waals surface area contributed by atoms with Crippen LogP contribution in [0.5, 0.6) is 0 Å². The number of methoxy groups -OCH3 is 1. The standard InChI is InChI=1S/C19H18N4O2/c1-25-19(24)15-7-9-16(10-8-15)23-18-11-17(21-13-22-18)20-12-14-5-3-2-4-6-14/h2-11,13H,12H2,1H3,(H2,20,21,22,23). The second kappa shape index (κ2) is 7.92. The first kappa shape index (κ1) is 16.4. The van der Waals surface area contributed by atoms with E-state index in [4.69, 9.17) is 0 Å².